The molecule has 5 rings (SSSR count). The summed E-state index contributed by atoms with van der Waals surface area (Å²) >= 11 is 1.66. The number of rotatable bonds is 4. The van der Waals surface area contributed by atoms with Crippen LogP contribution < -0.4 is 5.73 Å². The Hall–Kier alpha value is -3.50. The summed E-state index contributed by atoms with van der Waals surface area (Å²) in [5, 5.41) is 6.53. The first-order valence-corrected chi connectivity index (χ1v) is 10.4. The Labute approximate surface area is 173 Å². The van der Waals surface area contributed by atoms with E-state index in [-0.39, 0.29) is 0 Å². The number of hydrogen-bond acceptors (Lipinski definition) is 4. The third-order valence-electron chi connectivity index (χ3n) is 5.09. The molecule has 2 heterocycles. The Morgan fingerprint density at radius 2 is 1.52 bits per heavy atom. The van der Waals surface area contributed by atoms with Crippen molar-refractivity contribution >= 4 is 28.1 Å². The minimum atomic E-state index is 0.297. The minimum Gasteiger partial charge on any atom is -0.368 e. The zero-order chi connectivity index (χ0) is 19.6. The van der Waals surface area contributed by atoms with Crippen molar-refractivity contribution < 1.29 is 0 Å². The summed E-state index contributed by atoms with van der Waals surface area (Å²) in [6.45, 7) is 0. The zero-order valence-corrected chi connectivity index (χ0v) is 16.6. The van der Waals surface area contributed by atoms with Gasteiger partial charge in [0.2, 0.25) is 5.95 Å². The van der Waals surface area contributed by atoms with Crippen LogP contribution in [0.15, 0.2) is 89.6 Å². The van der Waals surface area contributed by atoms with E-state index in [4.69, 9.17) is 10.7 Å². The van der Waals surface area contributed by atoms with Crippen molar-refractivity contribution in [2.75, 3.05) is 5.73 Å². The van der Waals surface area contributed by atoms with Crippen LogP contribution in [0.25, 0.3) is 33.3 Å². The second-order valence-corrected chi connectivity index (χ2v) is 7.74. The topological polar surface area (TPSA) is 51.8 Å². The Kier molecular flexibility index (Phi) is 4.54. The van der Waals surface area contributed by atoms with Crippen LogP contribution in [-0.4, -0.2) is 9.97 Å². The molecule has 2 N–H and O–H groups in total. The van der Waals surface area contributed by atoms with Crippen molar-refractivity contribution in [2.45, 2.75) is 6.42 Å². The fraction of sp³-hybridized carbons (Fsp3) is 0.0400. The molecular weight excluding hydrogens is 374 g/mol. The molecule has 0 radical (unpaired) electrons. The Bertz CT molecular complexity index is 1270. The van der Waals surface area contributed by atoms with Gasteiger partial charge in [-0.15, -0.1) is 0 Å². The normalized spacial score (nSPS) is 11.0. The molecule has 0 aliphatic rings. The molecule has 5 aromatic rings. The van der Waals surface area contributed by atoms with E-state index in [1.54, 1.807) is 11.3 Å². The standard InChI is InChI=1S/C25H19N3S/c26-25-27-23(19-13-14-29-16-19)22(15-17-7-2-1-3-8-17)24(28-25)21-12-6-10-18-9-4-5-11-20(18)21/h1-14,16H,15H2,(H2,26,27,28). The summed E-state index contributed by atoms with van der Waals surface area (Å²) in [5.41, 5.74) is 12.5. The van der Waals surface area contributed by atoms with Gasteiger partial charge in [-0.2, -0.15) is 11.3 Å². The number of nitrogen functional groups attached to an aromatic ring is 1. The molecule has 0 bridgehead atoms. The highest BCUT2D eigenvalue weighted by Crippen LogP contribution is 2.36. The van der Waals surface area contributed by atoms with Gasteiger partial charge in [-0.25, -0.2) is 9.97 Å². The summed E-state index contributed by atoms with van der Waals surface area (Å²) < 4.78 is 0. The number of aromatic nitrogens is 2. The summed E-state index contributed by atoms with van der Waals surface area (Å²) in [4.78, 5) is 9.38. The first kappa shape index (κ1) is 17.6. The Balaban J connectivity index is 1.80. The lowest BCUT2D eigenvalue weighted by Gasteiger charge is -2.16. The molecule has 0 amide bonds. The average molecular weight is 394 g/mol. The maximum absolute atomic E-state index is 6.19. The first-order chi connectivity index (χ1) is 14.3. The number of thiophene rings is 1. The van der Waals surface area contributed by atoms with Crippen LogP contribution >= 0.6 is 11.3 Å². The molecule has 4 heteroatoms. The van der Waals surface area contributed by atoms with Crippen molar-refractivity contribution in [3.8, 4) is 22.5 Å². The van der Waals surface area contributed by atoms with Crippen molar-refractivity contribution in [1.82, 2.24) is 9.97 Å². The first-order valence-electron chi connectivity index (χ1n) is 9.50. The smallest absolute Gasteiger partial charge is 0.221 e. The molecule has 0 spiro atoms. The second kappa shape index (κ2) is 7.49. The van der Waals surface area contributed by atoms with Crippen molar-refractivity contribution in [3.63, 3.8) is 0 Å². The van der Waals surface area contributed by atoms with E-state index in [2.05, 4.69) is 88.5 Å². The summed E-state index contributed by atoms with van der Waals surface area (Å²) in [6.07, 6.45) is 0.741. The number of fused-ring (bicyclic) bond motifs is 1. The molecule has 0 aliphatic heterocycles. The van der Waals surface area contributed by atoms with Crippen molar-refractivity contribution in [2.24, 2.45) is 0 Å². The second-order valence-electron chi connectivity index (χ2n) is 6.96. The fourth-order valence-corrected chi connectivity index (χ4v) is 4.40. The molecule has 140 valence electrons. The van der Waals surface area contributed by atoms with E-state index >= 15 is 0 Å². The van der Waals surface area contributed by atoms with E-state index in [1.807, 2.05) is 6.07 Å². The minimum absolute atomic E-state index is 0.297. The van der Waals surface area contributed by atoms with E-state index in [1.165, 1.54) is 16.3 Å². The van der Waals surface area contributed by atoms with Crippen LogP contribution in [0, 0.1) is 0 Å². The van der Waals surface area contributed by atoms with Gasteiger partial charge in [-0.3, -0.25) is 0 Å². The number of anilines is 1. The summed E-state index contributed by atoms with van der Waals surface area (Å²) in [6, 6.07) is 27.2. The van der Waals surface area contributed by atoms with Gasteiger partial charge in [0.05, 0.1) is 11.4 Å². The van der Waals surface area contributed by atoms with E-state index < -0.39 is 0 Å². The quantitative estimate of drug-likeness (QED) is 0.395. The van der Waals surface area contributed by atoms with Gasteiger partial charge in [-0.05, 0) is 27.8 Å². The van der Waals surface area contributed by atoms with E-state index in [0.717, 1.165) is 34.5 Å². The van der Waals surface area contributed by atoms with Gasteiger partial charge >= 0.3 is 0 Å². The predicted octanol–water partition coefficient (Wildman–Crippen LogP) is 6.20. The lowest BCUT2D eigenvalue weighted by atomic mass is 9.93. The average Bonchev–Trinajstić information content (AvgIpc) is 3.30. The molecule has 0 fully saturated rings. The Morgan fingerprint density at radius 3 is 2.34 bits per heavy atom. The molecule has 0 aliphatic carbocycles. The van der Waals surface area contributed by atoms with E-state index in [9.17, 15) is 0 Å². The fourth-order valence-electron chi connectivity index (χ4n) is 3.76. The molecule has 3 aromatic carbocycles. The number of nitrogens with two attached hydrogens (primary N) is 1. The predicted molar refractivity (Wildman–Crippen MR) is 122 cm³/mol. The van der Waals surface area contributed by atoms with Crippen LogP contribution in [0.2, 0.25) is 0 Å². The van der Waals surface area contributed by atoms with E-state index in [0.29, 0.717) is 5.95 Å². The molecule has 3 nitrogen and oxygen atoms in total. The van der Waals surface area contributed by atoms with Gasteiger partial charge in [0, 0.05) is 28.5 Å². The van der Waals surface area contributed by atoms with Crippen LogP contribution in [0.1, 0.15) is 11.1 Å². The SMILES string of the molecule is Nc1nc(-c2ccsc2)c(Cc2ccccc2)c(-c2cccc3ccccc23)n1. The van der Waals surface area contributed by atoms with Crippen LogP contribution in [0.3, 0.4) is 0 Å². The highest BCUT2D eigenvalue weighted by Gasteiger charge is 2.19. The highest BCUT2D eigenvalue weighted by molar-refractivity contribution is 7.08. The van der Waals surface area contributed by atoms with Crippen molar-refractivity contribution in [3.05, 3.63) is 101 Å². The number of hydrogen-bond donors (Lipinski definition) is 1. The van der Waals surface area contributed by atoms with Gasteiger partial charge in [0.25, 0.3) is 0 Å². The van der Waals surface area contributed by atoms with Gasteiger partial charge in [0.1, 0.15) is 0 Å². The van der Waals surface area contributed by atoms with Gasteiger partial charge in [0.15, 0.2) is 0 Å². The molecule has 0 atom stereocenters. The highest BCUT2D eigenvalue weighted by atomic mass is 32.1. The number of benzene rings is 3. The lowest BCUT2D eigenvalue weighted by Crippen LogP contribution is -2.06. The van der Waals surface area contributed by atoms with Gasteiger partial charge < -0.3 is 5.73 Å². The van der Waals surface area contributed by atoms with Gasteiger partial charge in [-0.1, -0.05) is 72.8 Å². The maximum Gasteiger partial charge on any atom is 0.221 e. The van der Waals surface area contributed by atoms with Crippen LogP contribution in [0.5, 0.6) is 0 Å². The third kappa shape index (κ3) is 3.39. The zero-order valence-electron chi connectivity index (χ0n) is 15.7. The molecule has 0 saturated carbocycles. The maximum atomic E-state index is 6.19. The van der Waals surface area contributed by atoms with Crippen molar-refractivity contribution in [1.29, 1.82) is 0 Å². The summed E-state index contributed by atoms with van der Waals surface area (Å²) in [7, 11) is 0. The molecule has 29 heavy (non-hydrogen) atoms. The number of nitrogens with zero attached hydrogens (tertiary/aromatic N) is 2. The summed E-state index contributed by atoms with van der Waals surface area (Å²) in [5.74, 6) is 0.297. The molecule has 0 saturated heterocycles. The third-order valence-corrected chi connectivity index (χ3v) is 5.77. The monoisotopic (exact) mass is 393 g/mol. The van der Waals surface area contributed by atoms with Crippen LogP contribution in [-0.2, 0) is 6.42 Å². The largest absolute Gasteiger partial charge is 0.368 e. The van der Waals surface area contributed by atoms with Crippen LogP contribution in [0.4, 0.5) is 5.95 Å². The molecule has 2 aromatic heterocycles. The lowest BCUT2D eigenvalue weighted by molar-refractivity contribution is 1.10. The Morgan fingerprint density at radius 1 is 0.759 bits per heavy atom. The molecule has 0 unspecified atom stereocenters. The molecular formula is C25H19N3S.